The Morgan fingerprint density at radius 2 is 2.05 bits per heavy atom. The van der Waals surface area contributed by atoms with Crippen molar-refractivity contribution in [3.05, 3.63) is 10.9 Å². The molecule has 0 bridgehead atoms. The number of hydrogen-bond acceptors (Lipinski definition) is 5. The lowest BCUT2D eigenvalue weighted by Gasteiger charge is -2.35. The van der Waals surface area contributed by atoms with Crippen LogP contribution in [0.1, 0.15) is 36.4 Å². The van der Waals surface area contributed by atoms with Crippen LogP contribution in [-0.2, 0) is 4.74 Å². The van der Waals surface area contributed by atoms with Crippen LogP contribution >= 0.6 is 11.3 Å². The van der Waals surface area contributed by atoms with Gasteiger partial charge in [0.1, 0.15) is 4.88 Å². The van der Waals surface area contributed by atoms with Crippen LogP contribution in [0.4, 0.5) is 10.7 Å². The van der Waals surface area contributed by atoms with Gasteiger partial charge < -0.3 is 20.7 Å². The molecule has 6 heteroatoms. The Balaban J connectivity index is 1.75. The minimum absolute atomic E-state index is 0.0318. The number of anilines is 2. The quantitative estimate of drug-likeness (QED) is 0.893. The number of rotatable bonds is 3. The van der Waals surface area contributed by atoms with Crippen LogP contribution in [-0.4, -0.2) is 37.2 Å². The molecule has 0 radical (unpaired) electrons. The van der Waals surface area contributed by atoms with Crippen molar-refractivity contribution in [2.24, 2.45) is 0 Å². The largest absolute Gasteiger partial charge is 0.397 e. The Morgan fingerprint density at radius 3 is 2.65 bits per heavy atom. The molecule has 2 heterocycles. The van der Waals surface area contributed by atoms with Crippen LogP contribution in [0.25, 0.3) is 0 Å². The van der Waals surface area contributed by atoms with Gasteiger partial charge in [0.25, 0.3) is 5.91 Å². The molecule has 0 aromatic carbocycles. The Bertz CT molecular complexity index is 503. The van der Waals surface area contributed by atoms with Crippen molar-refractivity contribution in [2.45, 2.75) is 44.9 Å². The molecule has 0 spiro atoms. The van der Waals surface area contributed by atoms with Gasteiger partial charge >= 0.3 is 0 Å². The molecule has 3 N–H and O–H groups in total. The number of nitrogens with zero attached hydrogens (tertiary/aromatic N) is 1. The van der Waals surface area contributed by atoms with Gasteiger partial charge in [-0.2, -0.15) is 0 Å². The maximum atomic E-state index is 12.1. The molecule has 1 aromatic heterocycles. The third kappa shape index (κ3) is 2.91. The molecule has 2 atom stereocenters. The first-order chi connectivity index (χ1) is 9.52. The van der Waals surface area contributed by atoms with Crippen molar-refractivity contribution >= 4 is 27.9 Å². The fraction of sp³-hybridized carbons (Fsp3) is 0.643. The first-order valence-electron chi connectivity index (χ1n) is 7.13. The summed E-state index contributed by atoms with van der Waals surface area (Å²) in [5, 5.41) is 4.05. The van der Waals surface area contributed by atoms with Crippen molar-refractivity contribution in [3.8, 4) is 0 Å². The Labute approximate surface area is 123 Å². The van der Waals surface area contributed by atoms with Gasteiger partial charge in [0, 0.05) is 19.1 Å². The van der Waals surface area contributed by atoms with E-state index < -0.39 is 0 Å². The van der Waals surface area contributed by atoms with Crippen LogP contribution < -0.4 is 16.0 Å². The second-order valence-corrected chi connectivity index (χ2v) is 6.81. The average Bonchev–Trinajstić information content (AvgIpc) is 3.08. The van der Waals surface area contributed by atoms with E-state index in [1.165, 1.54) is 11.3 Å². The molecule has 20 heavy (non-hydrogen) atoms. The highest BCUT2D eigenvalue weighted by Gasteiger charge is 2.28. The van der Waals surface area contributed by atoms with Gasteiger partial charge in [0.15, 0.2) is 0 Å². The van der Waals surface area contributed by atoms with E-state index in [0.717, 1.165) is 30.9 Å². The maximum absolute atomic E-state index is 12.1. The Morgan fingerprint density at radius 1 is 1.40 bits per heavy atom. The molecule has 1 aliphatic carbocycles. The summed E-state index contributed by atoms with van der Waals surface area (Å²) in [5.74, 6) is -0.0318. The van der Waals surface area contributed by atoms with Gasteiger partial charge in [-0.15, -0.1) is 11.3 Å². The zero-order valence-corrected chi connectivity index (χ0v) is 12.7. The van der Waals surface area contributed by atoms with Crippen molar-refractivity contribution in [3.63, 3.8) is 0 Å². The second-order valence-electron chi connectivity index (χ2n) is 5.78. The van der Waals surface area contributed by atoms with Crippen LogP contribution in [0.5, 0.6) is 0 Å². The molecule has 1 aliphatic heterocycles. The fourth-order valence-corrected chi connectivity index (χ4v) is 3.56. The van der Waals surface area contributed by atoms with Crippen LogP contribution in [0.2, 0.25) is 0 Å². The number of carbonyl (C=O) groups is 1. The van der Waals surface area contributed by atoms with Gasteiger partial charge in [-0.05, 0) is 32.8 Å². The summed E-state index contributed by atoms with van der Waals surface area (Å²) in [4.78, 5) is 15.0. The lowest BCUT2D eigenvalue weighted by molar-refractivity contribution is -0.00500. The Kier molecular flexibility index (Phi) is 3.60. The summed E-state index contributed by atoms with van der Waals surface area (Å²) in [7, 11) is 0. The summed E-state index contributed by atoms with van der Waals surface area (Å²) in [5.41, 5.74) is 6.58. The minimum Gasteiger partial charge on any atom is -0.397 e. The normalized spacial score (nSPS) is 26.6. The topological polar surface area (TPSA) is 67.6 Å². The van der Waals surface area contributed by atoms with Gasteiger partial charge in [0.2, 0.25) is 0 Å². The van der Waals surface area contributed by atoms with E-state index in [1.807, 2.05) is 6.07 Å². The van der Waals surface area contributed by atoms with E-state index >= 15 is 0 Å². The van der Waals surface area contributed by atoms with E-state index in [4.69, 9.17) is 10.5 Å². The van der Waals surface area contributed by atoms with Crippen LogP contribution in [0.15, 0.2) is 6.07 Å². The first kappa shape index (κ1) is 13.7. The molecule has 1 amide bonds. The number of thiophene rings is 1. The first-order valence-corrected chi connectivity index (χ1v) is 7.95. The number of ether oxygens (including phenoxy) is 1. The predicted molar refractivity (Wildman–Crippen MR) is 81.4 cm³/mol. The van der Waals surface area contributed by atoms with Crippen LogP contribution in [0, 0.1) is 0 Å². The molecule has 1 aromatic rings. The lowest BCUT2D eigenvalue weighted by atomic mass is 10.2. The van der Waals surface area contributed by atoms with Gasteiger partial charge in [-0.1, -0.05) is 0 Å². The molecule has 2 aliphatic rings. The average molecular weight is 295 g/mol. The molecule has 0 unspecified atom stereocenters. The summed E-state index contributed by atoms with van der Waals surface area (Å²) >= 11 is 1.48. The van der Waals surface area contributed by atoms with E-state index in [0.29, 0.717) is 16.6 Å². The molecular formula is C14H21N3O2S. The molecule has 1 saturated carbocycles. The number of morpholine rings is 1. The molecule has 110 valence electrons. The van der Waals surface area contributed by atoms with Gasteiger partial charge in [-0.3, -0.25) is 4.79 Å². The number of nitrogens with two attached hydrogens (primary N) is 1. The Hall–Kier alpha value is -1.27. The number of nitrogen functional groups attached to an aromatic ring is 1. The molecule has 1 saturated heterocycles. The third-order valence-electron chi connectivity index (χ3n) is 3.60. The monoisotopic (exact) mass is 295 g/mol. The van der Waals surface area contributed by atoms with E-state index in [1.54, 1.807) is 0 Å². The molecule has 3 rings (SSSR count). The predicted octanol–water partition coefficient (Wildman–Crippen LogP) is 1.84. The fourth-order valence-electron chi connectivity index (χ4n) is 2.56. The highest BCUT2D eigenvalue weighted by Crippen LogP contribution is 2.34. The summed E-state index contributed by atoms with van der Waals surface area (Å²) in [6.07, 6.45) is 2.57. The van der Waals surface area contributed by atoms with Crippen LogP contribution in [0.3, 0.4) is 0 Å². The van der Waals surface area contributed by atoms with Crippen molar-refractivity contribution in [1.82, 2.24) is 5.32 Å². The van der Waals surface area contributed by atoms with Crippen molar-refractivity contribution in [1.29, 1.82) is 0 Å². The van der Waals surface area contributed by atoms with E-state index in [-0.39, 0.29) is 18.1 Å². The minimum atomic E-state index is -0.0318. The lowest BCUT2D eigenvalue weighted by Crippen LogP contribution is -2.45. The van der Waals surface area contributed by atoms with E-state index in [2.05, 4.69) is 24.1 Å². The highest BCUT2D eigenvalue weighted by atomic mass is 32.1. The standard InChI is InChI=1S/C14H21N3O2S/c1-8-6-17(7-9(2)19-8)12-5-11(15)13(20-12)14(18)16-10-3-4-10/h5,8-10H,3-4,6-7,15H2,1-2H3,(H,16,18)/t8-,9+. The summed E-state index contributed by atoms with van der Waals surface area (Å²) < 4.78 is 5.74. The smallest absolute Gasteiger partial charge is 0.263 e. The summed E-state index contributed by atoms with van der Waals surface area (Å²) in [6, 6.07) is 2.27. The number of carbonyl (C=O) groups excluding carboxylic acids is 1. The van der Waals surface area contributed by atoms with Gasteiger partial charge in [-0.25, -0.2) is 0 Å². The zero-order valence-electron chi connectivity index (χ0n) is 11.9. The maximum Gasteiger partial charge on any atom is 0.263 e. The number of nitrogens with one attached hydrogen (secondary N) is 1. The van der Waals surface area contributed by atoms with Crippen molar-refractivity contribution < 1.29 is 9.53 Å². The molecule has 2 fully saturated rings. The van der Waals surface area contributed by atoms with E-state index in [9.17, 15) is 4.79 Å². The van der Waals surface area contributed by atoms with Gasteiger partial charge in [0.05, 0.1) is 22.9 Å². The van der Waals surface area contributed by atoms with Crippen molar-refractivity contribution in [2.75, 3.05) is 23.7 Å². The zero-order chi connectivity index (χ0) is 14.3. The SMILES string of the molecule is C[C@@H]1CN(c2cc(N)c(C(=O)NC3CC3)s2)C[C@H](C)O1. The number of amides is 1. The second kappa shape index (κ2) is 5.26. The summed E-state index contributed by atoms with van der Waals surface area (Å²) in [6.45, 7) is 5.82. The molecule has 5 nitrogen and oxygen atoms in total. The number of hydrogen-bond donors (Lipinski definition) is 2. The highest BCUT2D eigenvalue weighted by molar-refractivity contribution is 7.18. The molecular weight excluding hydrogens is 274 g/mol. The third-order valence-corrected chi connectivity index (χ3v) is 4.81.